The van der Waals surface area contributed by atoms with Crippen molar-refractivity contribution in [1.29, 1.82) is 0 Å². The molecule has 35 heavy (non-hydrogen) atoms. The normalized spacial score (nSPS) is 20.2. The van der Waals surface area contributed by atoms with E-state index in [4.69, 9.17) is 4.74 Å². The zero-order chi connectivity index (χ0) is 25.1. The average molecular weight is 487 g/mol. The molecule has 4 rings (SSSR count). The topological polar surface area (TPSA) is 64.4 Å². The summed E-state index contributed by atoms with van der Waals surface area (Å²) in [6.07, 6.45) is 0.647. The number of hydrogen-bond acceptors (Lipinski definition) is 4. The number of ether oxygens (including phenoxy) is 1. The number of rotatable bonds is 7. The third-order valence-electron chi connectivity index (χ3n) is 7.03. The Balaban J connectivity index is 1.56. The van der Waals surface area contributed by atoms with Gasteiger partial charge >= 0.3 is 6.18 Å². The minimum Gasteiger partial charge on any atom is -0.376 e. The molecule has 0 amide bonds. The van der Waals surface area contributed by atoms with E-state index in [0.717, 1.165) is 38.1 Å². The molecule has 5 nitrogen and oxygen atoms in total. The highest BCUT2D eigenvalue weighted by Crippen LogP contribution is 2.38. The van der Waals surface area contributed by atoms with Gasteiger partial charge in [0.2, 0.25) is 5.70 Å². The Morgan fingerprint density at radius 3 is 2.51 bits per heavy atom. The highest BCUT2D eigenvalue weighted by Gasteiger charge is 2.35. The summed E-state index contributed by atoms with van der Waals surface area (Å²) in [6.45, 7) is 3.78. The largest absolute Gasteiger partial charge is 0.416 e. The molecule has 0 saturated carbocycles. The van der Waals surface area contributed by atoms with Gasteiger partial charge in [0.1, 0.15) is 0 Å². The van der Waals surface area contributed by atoms with Crippen molar-refractivity contribution in [1.82, 2.24) is 5.32 Å². The predicted molar refractivity (Wildman–Crippen MR) is 128 cm³/mol. The van der Waals surface area contributed by atoms with Crippen LogP contribution in [-0.4, -0.2) is 24.6 Å². The molecule has 0 aromatic heterocycles. The van der Waals surface area contributed by atoms with Crippen molar-refractivity contribution >= 4 is 0 Å². The van der Waals surface area contributed by atoms with Crippen LogP contribution in [0.1, 0.15) is 54.4 Å². The molecule has 1 N–H and O–H groups in total. The number of halogens is 3. The van der Waals surface area contributed by atoms with Crippen LogP contribution in [0.5, 0.6) is 0 Å². The maximum absolute atomic E-state index is 13.7. The van der Waals surface area contributed by atoms with E-state index < -0.39 is 22.6 Å². The number of benzene rings is 2. The number of allylic oxidation sites excluding steroid dienone is 4. The minimum atomic E-state index is -4.53. The maximum Gasteiger partial charge on any atom is 0.416 e. The molecular weight excluding hydrogens is 457 g/mol. The molecule has 0 radical (unpaired) electrons. The molecule has 1 unspecified atom stereocenters. The molecule has 2 aromatic carbocycles. The van der Waals surface area contributed by atoms with Gasteiger partial charge in [-0.15, -0.1) is 0 Å². The Kier molecular flexibility index (Phi) is 7.42. The number of nitrogens with one attached hydrogen (secondary N) is 1. The van der Waals surface area contributed by atoms with E-state index in [1.54, 1.807) is 25.1 Å². The molecule has 1 atom stereocenters. The van der Waals surface area contributed by atoms with Gasteiger partial charge < -0.3 is 10.1 Å². The SMILES string of the molecule is CC1=C([N+](=O)[O-])CC(c2cc(COCC3(c4ccccc4)CCNCC3)cc(C(F)(F)F)c2)C=C1. The van der Waals surface area contributed by atoms with Gasteiger partial charge in [0, 0.05) is 23.3 Å². The number of nitrogens with zero attached hydrogens (tertiary/aromatic N) is 1. The molecular formula is C27H29F3N2O3. The van der Waals surface area contributed by atoms with Crippen LogP contribution >= 0.6 is 0 Å². The highest BCUT2D eigenvalue weighted by atomic mass is 19.4. The van der Waals surface area contributed by atoms with Crippen molar-refractivity contribution in [2.24, 2.45) is 0 Å². The quantitative estimate of drug-likeness (QED) is 0.377. The Morgan fingerprint density at radius 2 is 1.86 bits per heavy atom. The van der Waals surface area contributed by atoms with Crippen molar-refractivity contribution in [3.63, 3.8) is 0 Å². The van der Waals surface area contributed by atoms with Gasteiger partial charge in [-0.25, -0.2) is 0 Å². The summed E-state index contributed by atoms with van der Waals surface area (Å²) < 4.78 is 47.2. The molecule has 1 aliphatic carbocycles. The zero-order valence-electron chi connectivity index (χ0n) is 19.6. The smallest absolute Gasteiger partial charge is 0.376 e. The monoisotopic (exact) mass is 486 g/mol. The van der Waals surface area contributed by atoms with Crippen LogP contribution in [0.3, 0.4) is 0 Å². The third kappa shape index (κ3) is 5.82. The Hall–Kier alpha value is -2.97. The van der Waals surface area contributed by atoms with Gasteiger partial charge in [0.15, 0.2) is 0 Å². The second kappa shape index (κ2) is 10.3. The van der Waals surface area contributed by atoms with Gasteiger partial charge in [0.05, 0.1) is 23.7 Å². The predicted octanol–water partition coefficient (Wildman–Crippen LogP) is 6.14. The summed E-state index contributed by atoms with van der Waals surface area (Å²) >= 11 is 0. The molecule has 1 aliphatic heterocycles. The van der Waals surface area contributed by atoms with Gasteiger partial charge in [0.25, 0.3) is 0 Å². The van der Waals surface area contributed by atoms with E-state index >= 15 is 0 Å². The lowest BCUT2D eigenvalue weighted by atomic mass is 9.74. The first kappa shape index (κ1) is 25.1. The van der Waals surface area contributed by atoms with Crippen molar-refractivity contribution < 1.29 is 22.8 Å². The Labute approximate surface area is 202 Å². The van der Waals surface area contributed by atoms with E-state index in [1.165, 1.54) is 5.56 Å². The van der Waals surface area contributed by atoms with Crippen LogP contribution in [-0.2, 0) is 22.9 Å². The lowest BCUT2D eigenvalue weighted by molar-refractivity contribution is -0.429. The van der Waals surface area contributed by atoms with Crippen LogP contribution < -0.4 is 5.32 Å². The molecule has 1 fully saturated rings. The summed E-state index contributed by atoms with van der Waals surface area (Å²) in [4.78, 5) is 10.9. The van der Waals surface area contributed by atoms with Crippen LogP contribution in [0, 0.1) is 10.1 Å². The highest BCUT2D eigenvalue weighted by molar-refractivity contribution is 5.39. The Morgan fingerprint density at radius 1 is 1.14 bits per heavy atom. The summed E-state index contributed by atoms with van der Waals surface area (Å²) in [5.74, 6) is -0.500. The number of alkyl halides is 3. The van der Waals surface area contributed by atoms with Gasteiger partial charge in [-0.05, 0) is 61.7 Å². The van der Waals surface area contributed by atoms with Crippen LogP contribution in [0.25, 0.3) is 0 Å². The Bertz CT molecular complexity index is 1120. The zero-order valence-corrected chi connectivity index (χ0v) is 19.6. The van der Waals surface area contributed by atoms with E-state index in [9.17, 15) is 23.3 Å². The fraction of sp³-hybridized carbons (Fsp3) is 0.407. The lowest BCUT2D eigenvalue weighted by Crippen LogP contribution is -2.43. The first-order valence-corrected chi connectivity index (χ1v) is 11.8. The van der Waals surface area contributed by atoms with E-state index in [1.807, 2.05) is 18.2 Å². The van der Waals surface area contributed by atoms with E-state index in [-0.39, 0.29) is 24.1 Å². The maximum atomic E-state index is 13.7. The van der Waals surface area contributed by atoms with Crippen molar-refractivity contribution in [3.05, 3.63) is 104 Å². The van der Waals surface area contributed by atoms with Gasteiger partial charge in [-0.2, -0.15) is 13.2 Å². The minimum absolute atomic E-state index is 0.0309. The molecule has 8 heteroatoms. The molecule has 2 aliphatic rings. The summed E-state index contributed by atoms with van der Waals surface area (Å²) in [5, 5.41) is 14.7. The molecule has 186 valence electrons. The second-order valence-corrected chi connectivity index (χ2v) is 9.41. The lowest BCUT2D eigenvalue weighted by Gasteiger charge is -2.38. The first-order chi connectivity index (χ1) is 16.7. The first-order valence-electron chi connectivity index (χ1n) is 11.8. The van der Waals surface area contributed by atoms with Crippen molar-refractivity contribution in [3.8, 4) is 0 Å². The number of nitro groups is 1. The molecule has 0 bridgehead atoms. The van der Waals surface area contributed by atoms with E-state index in [0.29, 0.717) is 23.3 Å². The average Bonchev–Trinajstić information content (AvgIpc) is 2.84. The fourth-order valence-corrected chi connectivity index (χ4v) is 5.00. The fourth-order valence-electron chi connectivity index (χ4n) is 5.00. The van der Waals surface area contributed by atoms with Crippen molar-refractivity contribution in [2.75, 3.05) is 19.7 Å². The van der Waals surface area contributed by atoms with Gasteiger partial charge in [-0.1, -0.05) is 48.6 Å². The summed E-state index contributed by atoms with van der Waals surface area (Å²) in [6, 6.07) is 14.0. The molecule has 0 spiro atoms. The van der Waals surface area contributed by atoms with Gasteiger partial charge in [-0.3, -0.25) is 10.1 Å². The summed E-state index contributed by atoms with van der Waals surface area (Å²) in [5.41, 5.74) is 1.59. The third-order valence-corrected chi connectivity index (χ3v) is 7.03. The number of hydrogen-bond donors (Lipinski definition) is 1. The van der Waals surface area contributed by atoms with Crippen molar-refractivity contribution in [2.45, 2.75) is 50.3 Å². The second-order valence-electron chi connectivity index (χ2n) is 9.41. The molecule has 1 saturated heterocycles. The van der Waals surface area contributed by atoms with Crippen LogP contribution in [0.15, 0.2) is 72.0 Å². The number of piperidine rings is 1. The van der Waals surface area contributed by atoms with Crippen LogP contribution in [0.2, 0.25) is 0 Å². The molecule has 2 aromatic rings. The summed E-state index contributed by atoms with van der Waals surface area (Å²) in [7, 11) is 0. The molecule has 1 heterocycles. The standard InChI is InChI=1S/C27H29F3N2O3/c1-19-7-8-21(16-25(19)32(33)34)22-13-20(14-24(15-22)27(28,29)30)17-35-18-26(9-11-31-12-10-26)23-5-3-2-4-6-23/h2-8,13-15,21,31H,9-12,16-18H2,1H3. The van der Waals surface area contributed by atoms with Crippen LogP contribution in [0.4, 0.5) is 13.2 Å². The van der Waals surface area contributed by atoms with E-state index in [2.05, 4.69) is 17.4 Å².